The first kappa shape index (κ1) is 9.14. The average molecular weight is 143 g/mol. The lowest BCUT2D eigenvalue weighted by atomic mass is 10.1. The van der Waals surface area contributed by atoms with Gasteiger partial charge in [0.1, 0.15) is 0 Å². The number of esters is 1. The first-order valence-corrected chi connectivity index (χ1v) is 3.26. The Balaban J connectivity index is 3.46. The fraction of sp³-hybridized carbons (Fsp3) is 0.714. The van der Waals surface area contributed by atoms with Crippen molar-refractivity contribution >= 4 is 12.2 Å². The second-order valence-electron chi connectivity index (χ2n) is 2.33. The van der Waals surface area contributed by atoms with E-state index in [-0.39, 0.29) is 11.9 Å². The second-order valence-corrected chi connectivity index (χ2v) is 2.33. The Labute approximate surface area is 60.9 Å². The van der Waals surface area contributed by atoms with Crippen LogP contribution in [-0.2, 0) is 9.53 Å². The maximum absolute atomic E-state index is 10.6. The van der Waals surface area contributed by atoms with Gasteiger partial charge < -0.3 is 10.1 Å². The van der Waals surface area contributed by atoms with Crippen molar-refractivity contribution in [3.8, 4) is 0 Å². The molecule has 0 aliphatic rings. The highest BCUT2D eigenvalue weighted by molar-refractivity contribution is 5.70. The molecule has 0 amide bonds. The first-order valence-electron chi connectivity index (χ1n) is 3.26. The molecule has 0 rings (SSSR count). The Kier molecular flexibility index (Phi) is 4.54. The fourth-order valence-corrected chi connectivity index (χ4v) is 0.652. The molecule has 0 heterocycles. The predicted octanol–water partition coefficient (Wildman–Crippen LogP) is 1.23. The number of nitrogens with one attached hydrogen (secondary N) is 1. The summed E-state index contributed by atoms with van der Waals surface area (Å²) in [5, 5.41) is 6.76. The molecule has 1 unspecified atom stereocenters. The third-order valence-electron chi connectivity index (χ3n) is 1.26. The van der Waals surface area contributed by atoms with Crippen LogP contribution in [0.4, 0.5) is 0 Å². The molecule has 58 valence electrons. The summed E-state index contributed by atoms with van der Waals surface area (Å²) in [4.78, 5) is 10.6. The zero-order valence-electron chi connectivity index (χ0n) is 6.39. The van der Waals surface area contributed by atoms with Crippen molar-refractivity contribution in [1.29, 1.82) is 5.41 Å². The van der Waals surface area contributed by atoms with E-state index in [1.165, 1.54) is 13.3 Å². The summed E-state index contributed by atoms with van der Waals surface area (Å²) >= 11 is 0. The smallest absolute Gasteiger partial charge is 0.305 e. The van der Waals surface area contributed by atoms with Crippen LogP contribution in [0.3, 0.4) is 0 Å². The van der Waals surface area contributed by atoms with Crippen molar-refractivity contribution in [1.82, 2.24) is 0 Å². The van der Waals surface area contributed by atoms with Crippen molar-refractivity contribution in [2.45, 2.75) is 19.8 Å². The number of carbonyl (C=O) groups excluding carboxylic acids is 1. The van der Waals surface area contributed by atoms with Gasteiger partial charge in [-0.05, 0) is 18.6 Å². The van der Waals surface area contributed by atoms with Crippen LogP contribution >= 0.6 is 0 Å². The van der Waals surface area contributed by atoms with Crippen molar-refractivity contribution in [2.24, 2.45) is 5.92 Å². The molecule has 10 heavy (non-hydrogen) atoms. The molecule has 0 bridgehead atoms. The molecular weight excluding hydrogens is 130 g/mol. The summed E-state index contributed by atoms with van der Waals surface area (Å²) in [6.07, 6.45) is 2.37. The van der Waals surface area contributed by atoms with Gasteiger partial charge in [-0.3, -0.25) is 4.79 Å². The lowest BCUT2D eigenvalue weighted by Crippen LogP contribution is -2.07. The molecule has 0 saturated heterocycles. The van der Waals surface area contributed by atoms with Crippen LogP contribution in [0.1, 0.15) is 19.8 Å². The zero-order valence-corrected chi connectivity index (χ0v) is 6.39. The van der Waals surface area contributed by atoms with Crippen LogP contribution in [-0.4, -0.2) is 19.3 Å². The quantitative estimate of drug-likeness (QED) is 0.475. The van der Waals surface area contributed by atoms with Gasteiger partial charge >= 0.3 is 5.97 Å². The van der Waals surface area contributed by atoms with Crippen LogP contribution in [0.15, 0.2) is 0 Å². The molecule has 3 nitrogen and oxygen atoms in total. The lowest BCUT2D eigenvalue weighted by molar-refractivity contribution is -0.141. The highest BCUT2D eigenvalue weighted by Gasteiger charge is 2.06. The van der Waals surface area contributed by atoms with Crippen LogP contribution < -0.4 is 0 Å². The van der Waals surface area contributed by atoms with Crippen molar-refractivity contribution < 1.29 is 9.53 Å². The number of rotatable bonds is 4. The van der Waals surface area contributed by atoms with Crippen molar-refractivity contribution in [3.05, 3.63) is 0 Å². The number of methoxy groups -OCH3 is 1. The Bertz CT molecular complexity index is 123. The van der Waals surface area contributed by atoms with E-state index in [0.29, 0.717) is 12.8 Å². The summed E-state index contributed by atoms with van der Waals surface area (Å²) in [5.74, 6) is 0.0271. The molecule has 0 fully saturated rings. The minimum absolute atomic E-state index is 0.200. The maximum Gasteiger partial charge on any atom is 0.305 e. The van der Waals surface area contributed by atoms with E-state index in [9.17, 15) is 4.79 Å². The molecule has 3 heteroatoms. The molecule has 0 aromatic heterocycles. The summed E-state index contributed by atoms with van der Waals surface area (Å²) in [7, 11) is 1.37. The van der Waals surface area contributed by atoms with E-state index >= 15 is 0 Å². The van der Waals surface area contributed by atoms with Crippen LogP contribution in [0, 0.1) is 11.3 Å². The SMILES string of the molecule is COC(=O)CC(C)CC=N. The Morgan fingerprint density at radius 1 is 1.80 bits per heavy atom. The summed E-state index contributed by atoms with van der Waals surface area (Å²) in [5.41, 5.74) is 0. The molecule has 0 spiro atoms. The number of hydrogen-bond donors (Lipinski definition) is 1. The van der Waals surface area contributed by atoms with Gasteiger partial charge in [0, 0.05) is 6.42 Å². The van der Waals surface area contributed by atoms with E-state index in [1.807, 2.05) is 6.92 Å². The molecule has 0 aliphatic carbocycles. The highest BCUT2D eigenvalue weighted by atomic mass is 16.5. The van der Waals surface area contributed by atoms with Gasteiger partial charge in [-0.15, -0.1) is 0 Å². The van der Waals surface area contributed by atoms with Gasteiger partial charge in [-0.2, -0.15) is 0 Å². The fourth-order valence-electron chi connectivity index (χ4n) is 0.652. The molecule has 1 atom stereocenters. The molecule has 0 aromatic rings. The third kappa shape index (κ3) is 4.06. The van der Waals surface area contributed by atoms with Gasteiger partial charge in [0.15, 0.2) is 0 Å². The monoisotopic (exact) mass is 143 g/mol. The second kappa shape index (κ2) is 4.97. The lowest BCUT2D eigenvalue weighted by Gasteiger charge is -2.04. The summed E-state index contributed by atoms with van der Waals surface area (Å²) < 4.78 is 4.45. The first-order chi connectivity index (χ1) is 4.70. The predicted molar refractivity (Wildman–Crippen MR) is 39.2 cm³/mol. The molecule has 0 aromatic carbocycles. The number of ether oxygens (including phenoxy) is 1. The Morgan fingerprint density at radius 2 is 2.40 bits per heavy atom. The minimum Gasteiger partial charge on any atom is -0.469 e. The molecule has 0 radical (unpaired) electrons. The van der Waals surface area contributed by atoms with E-state index < -0.39 is 0 Å². The van der Waals surface area contributed by atoms with Crippen LogP contribution in [0.2, 0.25) is 0 Å². The van der Waals surface area contributed by atoms with Gasteiger partial charge in [0.25, 0.3) is 0 Å². The van der Waals surface area contributed by atoms with Gasteiger partial charge in [-0.1, -0.05) is 6.92 Å². The van der Waals surface area contributed by atoms with Gasteiger partial charge in [0.05, 0.1) is 7.11 Å². The van der Waals surface area contributed by atoms with Crippen molar-refractivity contribution in [3.63, 3.8) is 0 Å². The topological polar surface area (TPSA) is 50.2 Å². The number of carbonyl (C=O) groups is 1. The molecule has 1 N–H and O–H groups in total. The van der Waals surface area contributed by atoms with Gasteiger partial charge in [-0.25, -0.2) is 0 Å². The average Bonchev–Trinajstić information content (AvgIpc) is 1.88. The van der Waals surface area contributed by atoms with E-state index in [4.69, 9.17) is 5.41 Å². The zero-order chi connectivity index (χ0) is 7.98. The Hall–Kier alpha value is -0.860. The Morgan fingerprint density at radius 3 is 2.80 bits per heavy atom. The molecule has 0 saturated carbocycles. The van der Waals surface area contributed by atoms with E-state index in [1.54, 1.807) is 0 Å². The normalized spacial score (nSPS) is 12.2. The largest absolute Gasteiger partial charge is 0.469 e. The van der Waals surface area contributed by atoms with E-state index in [0.717, 1.165) is 0 Å². The molecule has 0 aliphatic heterocycles. The van der Waals surface area contributed by atoms with Crippen LogP contribution in [0.5, 0.6) is 0 Å². The number of hydrogen-bond acceptors (Lipinski definition) is 3. The minimum atomic E-state index is -0.200. The molecular formula is C7H13NO2. The van der Waals surface area contributed by atoms with Crippen LogP contribution in [0.25, 0.3) is 0 Å². The highest BCUT2D eigenvalue weighted by Crippen LogP contribution is 2.05. The third-order valence-corrected chi connectivity index (χ3v) is 1.26. The van der Waals surface area contributed by atoms with Crippen molar-refractivity contribution in [2.75, 3.05) is 7.11 Å². The van der Waals surface area contributed by atoms with E-state index in [2.05, 4.69) is 4.74 Å². The summed E-state index contributed by atoms with van der Waals surface area (Å²) in [6.45, 7) is 1.92. The standard InChI is InChI=1S/C7H13NO2/c1-6(3-4-8)5-7(9)10-2/h4,6,8H,3,5H2,1-2H3. The summed E-state index contributed by atoms with van der Waals surface area (Å²) in [6, 6.07) is 0. The van der Waals surface area contributed by atoms with Gasteiger partial charge in [0.2, 0.25) is 0 Å². The maximum atomic E-state index is 10.6.